The van der Waals surface area contributed by atoms with E-state index in [4.69, 9.17) is 28.6 Å². The van der Waals surface area contributed by atoms with Crippen LogP contribution in [0.4, 0.5) is 0 Å². The second kappa shape index (κ2) is 9.00. The van der Waals surface area contributed by atoms with Gasteiger partial charge in [0.15, 0.2) is 5.11 Å². The third-order valence-electron chi connectivity index (χ3n) is 2.89. The number of rotatable bonds is 5. The fraction of sp³-hybridized carbons (Fsp3) is 0.118. The quantitative estimate of drug-likeness (QED) is 0.281. The van der Waals surface area contributed by atoms with Crippen molar-refractivity contribution in [2.45, 2.75) is 6.92 Å². The Kier molecular flexibility index (Phi) is 6.72. The van der Waals surface area contributed by atoms with Crippen molar-refractivity contribution >= 4 is 41.1 Å². The summed E-state index contributed by atoms with van der Waals surface area (Å²) in [6.45, 7) is 2.68. The Morgan fingerprint density at radius 1 is 1.21 bits per heavy atom. The summed E-state index contributed by atoms with van der Waals surface area (Å²) in [6, 6.07) is 13.5. The summed E-state index contributed by atoms with van der Waals surface area (Å²) in [4.78, 5) is 12.0. The van der Waals surface area contributed by atoms with Crippen LogP contribution in [0.25, 0.3) is 0 Å². The van der Waals surface area contributed by atoms with E-state index < -0.39 is 5.97 Å². The van der Waals surface area contributed by atoms with Gasteiger partial charge in [0.05, 0.1) is 11.8 Å². The Morgan fingerprint density at radius 3 is 2.50 bits per heavy atom. The lowest BCUT2D eigenvalue weighted by Gasteiger charge is -2.05. The van der Waals surface area contributed by atoms with E-state index in [-0.39, 0.29) is 0 Å². The summed E-state index contributed by atoms with van der Waals surface area (Å²) >= 11 is 10.8. The van der Waals surface area contributed by atoms with E-state index in [2.05, 4.69) is 15.8 Å². The number of ether oxygens (including phenoxy) is 1. The first-order valence-corrected chi connectivity index (χ1v) is 8.02. The van der Waals surface area contributed by atoms with Crippen molar-refractivity contribution in [3.05, 3.63) is 64.7 Å². The van der Waals surface area contributed by atoms with Crippen LogP contribution in [0.2, 0.25) is 5.02 Å². The molecule has 0 saturated carbocycles. The zero-order valence-electron chi connectivity index (χ0n) is 13.0. The third-order valence-corrected chi connectivity index (χ3v) is 3.38. The zero-order valence-corrected chi connectivity index (χ0v) is 14.5. The number of hydrogen-bond acceptors (Lipinski definition) is 4. The highest BCUT2D eigenvalue weighted by atomic mass is 35.5. The van der Waals surface area contributed by atoms with Crippen molar-refractivity contribution in [3.63, 3.8) is 0 Å². The third kappa shape index (κ3) is 5.64. The highest BCUT2D eigenvalue weighted by Crippen LogP contribution is 2.15. The topological polar surface area (TPSA) is 62.7 Å². The van der Waals surface area contributed by atoms with Crippen molar-refractivity contribution in [1.29, 1.82) is 0 Å². The summed E-state index contributed by atoms with van der Waals surface area (Å²) in [7, 11) is 0. The lowest BCUT2D eigenvalue weighted by molar-refractivity contribution is 0.0735. The van der Waals surface area contributed by atoms with Crippen LogP contribution in [0.3, 0.4) is 0 Å². The number of carbonyl (C=O) groups excluding carboxylic acids is 1. The molecule has 2 aromatic carbocycles. The average molecular weight is 362 g/mol. The average Bonchev–Trinajstić information content (AvgIpc) is 2.57. The smallest absolute Gasteiger partial charge is 0.343 e. The van der Waals surface area contributed by atoms with E-state index in [1.54, 1.807) is 54.7 Å². The molecule has 124 valence electrons. The molecule has 0 amide bonds. The molecule has 0 bridgehead atoms. The number of halogens is 1. The van der Waals surface area contributed by atoms with Crippen LogP contribution in [0, 0.1) is 0 Å². The van der Waals surface area contributed by atoms with E-state index in [0.717, 1.165) is 12.1 Å². The Hall–Kier alpha value is -2.44. The van der Waals surface area contributed by atoms with E-state index in [0.29, 0.717) is 21.4 Å². The molecule has 5 nitrogen and oxygen atoms in total. The molecular weight excluding hydrogens is 346 g/mol. The van der Waals surface area contributed by atoms with Crippen molar-refractivity contribution in [1.82, 2.24) is 10.7 Å². The van der Waals surface area contributed by atoms with Crippen LogP contribution in [0.1, 0.15) is 22.8 Å². The second-order valence-corrected chi connectivity index (χ2v) is 5.54. The molecule has 2 rings (SSSR count). The Bertz CT molecular complexity index is 731. The van der Waals surface area contributed by atoms with E-state index in [1.165, 1.54) is 0 Å². The molecule has 0 aromatic heterocycles. The Morgan fingerprint density at radius 2 is 1.88 bits per heavy atom. The standard InChI is InChI=1S/C17H16ClN3O2S/c1-2-19-17(24)21-20-11-12-3-9-15(10-4-12)23-16(22)13-5-7-14(18)8-6-13/h3-11H,2H2,1H3,(H2,19,21,24)/b20-11-. The fourth-order valence-corrected chi connectivity index (χ4v) is 2.06. The minimum absolute atomic E-state index is 0.436. The van der Waals surface area contributed by atoms with Crippen molar-refractivity contribution in [2.75, 3.05) is 6.54 Å². The highest BCUT2D eigenvalue weighted by molar-refractivity contribution is 7.80. The van der Waals surface area contributed by atoms with Gasteiger partial charge in [-0.2, -0.15) is 5.10 Å². The number of carbonyl (C=O) groups is 1. The summed E-state index contributed by atoms with van der Waals surface area (Å²) in [6.07, 6.45) is 1.62. The lowest BCUT2D eigenvalue weighted by atomic mass is 10.2. The number of hydrazone groups is 1. The van der Waals surface area contributed by atoms with Gasteiger partial charge in [0, 0.05) is 11.6 Å². The highest BCUT2D eigenvalue weighted by Gasteiger charge is 2.08. The lowest BCUT2D eigenvalue weighted by Crippen LogP contribution is -2.31. The fourth-order valence-electron chi connectivity index (χ4n) is 1.74. The van der Waals surface area contributed by atoms with Gasteiger partial charge in [-0.1, -0.05) is 11.6 Å². The number of thiocarbonyl (C=S) groups is 1. The first-order chi connectivity index (χ1) is 11.6. The molecule has 0 heterocycles. The molecule has 7 heteroatoms. The number of esters is 1. The zero-order chi connectivity index (χ0) is 17.4. The summed E-state index contributed by atoms with van der Waals surface area (Å²) < 4.78 is 5.30. The first kappa shape index (κ1) is 17.9. The monoisotopic (exact) mass is 361 g/mol. The normalized spacial score (nSPS) is 10.4. The molecule has 0 radical (unpaired) electrons. The van der Waals surface area contributed by atoms with Gasteiger partial charge in [0.25, 0.3) is 0 Å². The van der Waals surface area contributed by atoms with E-state index in [9.17, 15) is 4.79 Å². The van der Waals surface area contributed by atoms with Crippen LogP contribution in [0.15, 0.2) is 53.6 Å². The molecule has 0 aliphatic heterocycles. The van der Waals surface area contributed by atoms with Crippen LogP contribution in [-0.4, -0.2) is 23.8 Å². The maximum absolute atomic E-state index is 12.0. The molecule has 0 aliphatic rings. The minimum atomic E-state index is -0.439. The molecular formula is C17H16ClN3O2S. The molecule has 0 atom stereocenters. The molecule has 0 aliphatic carbocycles. The summed E-state index contributed by atoms with van der Waals surface area (Å²) in [5.74, 6) is 0.00830. The largest absolute Gasteiger partial charge is 0.423 e. The maximum atomic E-state index is 12.0. The molecule has 0 fully saturated rings. The van der Waals surface area contributed by atoms with Crippen LogP contribution in [0.5, 0.6) is 5.75 Å². The van der Waals surface area contributed by atoms with Crippen molar-refractivity contribution in [2.24, 2.45) is 5.10 Å². The SMILES string of the molecule is CCNC(=S)N/N=C\c1ccc(OC(=O)c2ccc(Cl)cc2)cc1. The summed E-state index contributed by atoms with van der Waals surface area (Å²) in [5, 5.41) is 7.96. The van der Waals surface area contributed by atoms with Crippen molar-refractivity contribution < 1.29 is 9.53 Å². The van der Waals surface area contributed by atoms with Gasteiger partial charge in [-0.05, 0) is 73.2 Å². The van der Waals surface area contributed by atoms with Gasteiger partial charge >= 0.3 is 5.97 Å². The number of benzene rings is 2. The second-order valence-electron chi connectivity index (χ2n) is 4.69. The molecule has 0 unspecified atom stereocenters. The number of nitrogens with one attached hydrogen (secondary N) is 2. The van der Waals surface area contributed by atoms with Crippen LogP contribution in [-0.2, 0) is 0 Å². The van der Waals surface area contributed by atoms with Gasteiger partial charge < -0.3 is 10.1 Å². The van der Waals surface area contributed by atoms with Crippen LogP contribution >= 0.6 is 23.8 Å². The number of hydrogen-bond donors (Lipinski definition) is 2. The molecule has 2 aromatic rings. The van der Waals surface area contributed by atoms with E-state index in [1.807, 2.05) is 6.92 Å². The predicted molar refractivity (Wildman–Crippen MR) is 99.9 cm³/mol. The Balaban J connectivity index is 1.92. The van der Waals surface area contributed by atoms with Gasteiger partial charge in [0.2, 0.25) is 0 Å². The van der Waals surface area contributed by atoms with Gasteiger partial charge in [-0.3, -0.25) is 5.43 Å². The van der Waals surface area contributed by atoms with Crippen LogP contribution < -0.4 is 15.5 Å². The Labute approximate surface area is 150 Å². The first-order valence-electron chi connectivity index (χ1n) is 7.23. The number of nitrogens with zero attached hydrogens (tertiary/aromatic N) is 1. The van der Waals surface area contributed by atoms with Gasteiger partial charge in [-0.25, -0.2) is 4.79 Å². The van der Waals surface area contributed by atoms with Gasteiger partial charge in [0.1, 0.15) is 5.75 Å². The molecule has 0 saturated heterocycles. The molecule has 0 spiro atoms. The summed E-state index contributed by atoms with van der Waals surface area (Å²) in [5.41, 5.74) is 3.98. The molecule has 2 N–H and O–H groups in total. The maximum Gasteiger partial charge on any atom is 0.343 e. The van der Waals surface area contributed by atoms with Gasteiger partial charge in [-0.15, -0.1) is 0 Å². The predicted octanol–water partition coefficient (Wildman–Crippen LogP) is 3.38. The molecule has 24 heavy (non-hydrogen) atoms. The minimum Gasteiger partial charge on any atom is -0.423 e. The van der Waals surface area contributed by atoms with E-state index >= 15 is 0 Å². The van der Waals surface area contributed by atoms with Crippen molar-refractivity contribution in [3.8, 4) is 5.75 Å².